The average Bonchev–Trinajstić information content (AvgIpc) is 3.29. The van der Waals surface area contributed by atoms with Crippen LogP contribution in [0, 0.1) is 0 Å². The van der Waals surface area contributed by atoms with E-state index in [1.54, 1.807) is 70.4 Å². The summed E-state index contributed by atoms with van der Waals surface area (Å²) in [5.41, 5.74) is 1.56. The van der Waals surface area contributed by atoms with Crippen molar-refractivity contribution in [2.75, 3.05) is 41.2 Å². The second-order valence-corrected chi connectivity index (χ2v) is 9.92. The van der Waals surface area contributed by atoms with E-state index in [1.165, 1.54) is 30.1 Å². The summed E-state index contributed by atoms with van der Waals surface area (Å²) < 4.78 is 34.1. The molecular weight excluding hydrogens is 564 g/mol. The minimum atomic E-state index is -0.850. The van der Waals surface area contributed by atoms with E-state index in [-0.39, 0.29) is 31.0 Å². The van der Waals surface area contributed by atoms with Gasteiger partial charge >= 0.3 is 11.9 Å². The number of carbonyl (C=O) groups is 2. The Morgan fingerprint density at radius 1 is 0.952 bits per heavy atom. The molecule has 4 rings (SSSR count). The van der Waals surface area contributed by atoms with Crippen LogP contribution in [0.4, 0.5) is 0 Å². The lowest BCUT2D eigenvalue weighted by molar-refractivity contribution is -0.145. The minimum absolute atomic E-state index is 0.161. The van der Waals surface area contributed by atoms with Crippen molar-refractivity contribution in [3.63, 3.8) is 0 Å². The van der Waals surface area contributed by atoms with Gasteiger partial charge in [-0.2, -0.15) is 0 Å². The number of benzene rings is 2. The molecule has 42 heavy (non-hydrogen) atoms. The number of rotatable bonds is 11. The van der Waals surface area contributed by atoms with Crippen molar-refractivity contribution in [3.05, 3.63) is 78.5 Å². The normalized spacial score (nSPS) is 14.5. The van der Waals surface area contributed by atoms with Crippen LogP contribution in [0.1, 0.15) is 37.9 Å². The highest BCUT2D eigenvalue weighted by Gasteiger charge is 2.35. The molecule has 1 aliphatic rings. The van der Waals surface area contributed by atoms with E-state index in [0.717, 1.165) is 0 Å². The Hall–Kier alpha value is -4.58. The van der Waals surface area contributed by atoms with Gasteiger partial charge in [0.15, 0.2) is 22.9 Å². The molecule has 0 unspecified atom stereocenters. The summed E-state index contributed by atoms with van der Waals surface area (Å²) in [6.07, 6.45) is 1.70. The molecule has 222 valence electrons. The number of thiazole rings is 1. The van der Waals surface area contributed by atoms with Crippen molar-refractivity contribution in [3.8, 4) is 23.0 Å². The molecule has 0 aliphatic carbocycles. The Balaban J connectivity index is 1.84. The van der Waals surface area contributed by atoms with Crippen LogP contribution in [-0.2, 0) is 19.1 Å². The maximum Gasteiger partial charge on any atom is 0.344 e. The first-order valence-corrected chi connectivity index (χ1v) is 14.0. The molecule has 2 heterocycles. The number of esters is 2. The Morgan fingerprint density at radius 2 is 1.69 bits per heavy atom. The van der Waals surface area contributed by atoms with Crippen LogP contribution in [0.3, 0.4) is 0 Å². The van der Waals surface area contributed by atoms with E-state index in [9.17, 15) is 14.4 Å². The second-order valence-electron chi connectivity index (χ2n) is 8.91. The van der Waals surface area contributed by atoms with Gasteiger partial charge in [0.25, 0.3) is 5.56 Å². The molecule has 1 aromatic heterocycles. The molecule has 0 spiro atoms. The maximum atomic E-state index is 14.0. The summed E-state index contributed by atoms with van der Waals surface area (Å²) in [4.78, 5) is 43.9. The lowest BCUT2D eigenvalue weighted by atomic mass is 9.95. The van der Waals surface area contributed by atoms with E-state index in [2.05, 4.69) is 4.99 Å². The fourth-order valence-electron chi connectivity index (χ4n) is 4.51. The van der Waals surface area contributed by atoms with E-state index in [1.807, 2.05) is 0 Å². The highest BCUT2D eigenvalue weighted by atomic mass is 32.1. The predicted molar refractivity (Wildman–Crippen MR) is 155 cm³/mol. The molecule has 3 aromatic rings. The molecule has 1 atom stereocenters. The third kappa shape index (κ3) is 6.18. The van der Waals surface area contributed by atoms with Crippen LogP contribution in [0.5, 0.6) is 23.0 Å². The summed E-state index contributed by atoms with van der Waals surface area (Å²) in [5, 5.41) is 0. The lowest BCUT2D eigenvalue weighted by Crippen LogP contribution is -2.40. The van der Waals surface area contributed by atoms with Crippen LogP contribution in [0.25, 0.3) is 6.08 Å². The van der Waals surface area contributed by atoms with Crippen molar-refractivity contribution < 1.29 is 38.0 Å². The Labute approximate surface area is 246 Å². The smallest absolute Gasteiger partial charge is 0.344 e. The number of ether oxygens (including phenoxy) is 6. The second kappa shape index (κ2) is 13.4. The summed E-state index contributed by atoms with van der Waals surface area (Å²) in [6, 6.07) is 9.42. The van der Waals surface area contributed by atoms with Crippen molar-refractivity contribution in [1.29, 1.82) is 0 Å². The summed E-state index contributed by atoms with van der Waals surface area (Å²) in [7, 11) is 4.53. The summed E-state index contributed by atoms with van der Waals surface area (Å²) in [6.45, 7) is 5.29. The molecule has 12 heteroatoms. The molecule has 0 N–H and O–H groups in total. The monoisotopic (exact) mass is 596 g/mol. The van der Waals surface area contributed by atoms with Gasteiger partial charge in [-0.3, -0.25) is 9.36 Å². The van der Waals surface area contributed by atoms with Crippen LogP contribution < -0.4 is 33.8 Å². The van der Waals surface area contributed by atoms with Gasteiger partial charge < -0.3 is 28.4 Å². The fourth-order valence-corrected chi connectivity index (χ4v) is 5.56. The third-order valence-electron chi connectivity index (χ3n) is 6.39. The zero-order valence-corrected chi connectivity index (χ0v) is 25.0. The Kier molecular flexibility index (Phi) is 9.68. The lowest BCUT2D eigenvalue weighted by Gasteiger charge is -2.26. The van der Waals surface area contributed by atoms with Crippen LogP contribution >= 0.6 is 11.3 Å². The number of nitrogens with zero attached hydrogens (tertiary/aromatic N) is 2. The molecule has 1 aliphatic heterocycles. The summed E-state index contributed by atoms with van der Waals surface area (Å²) >= 11 is 1.19. The molecule has 0 fully saturated rings. The largest absolute Gasteiger partial charge is 0.497 e. The van der Waals surface area contributed by atoms with E-state index >= 15 is 0 Å². The van der Waals surface area contributed by atoms with Gasteiger partial charge in [0.1, 0.15) is 17.5 Å². The van der Waals surface area contributed by atoms with Crippen molar-refractivity contribution in [2.45, 2.75) is 26.8 Å². The summed E-state index contributed by atoms with van der Waals surface area (Å²) in [5.74, 6) is 0.662. The van der Waals surface area contributed by atoms with Gasteiger partial charge in [-0.05, 0) is 56.7 Å². The highest BCUT2D eigenvalue weighted by Crippen LogP contribution is 2.37. The van der Waals surface area contributed by atoms with Crippen LogP contribution in [0.2, 0.25) is 0 Å². The molecule has 0 saturated heterocycles. The Bertz CT molecular complexity index is 1700. The molecule has 0 saturated carbocycles. The van der Waals surface area contributed by atoms with Crippen LogP contribution in [-0.4, -0.2) is 57.7 Å². The number of fused-ring (bicyclic) bond motifs is 1. The quantitative estimate of drug-likeness (QED) is 0.308. The van der Waals surface area contributed by atoms with Gasteiger partial charge in [0, 0.05) is 11.6 Å². The zero-order valence-electron chi connectivity index (χ0n) is 24.2. The van der Waals surface area contributed by atoms with E-state index in [0.29, 0.717) is 49.2 Å². The molecule has 11 nitrogen and oxygen atoms in total. The molecule has 0 amide bonds. The minimum Gasteiger partial charge on any atom is -0.497 e. The van der Waals surface area contributed by atoms with E-state index in [4.69, 9.17) is 28.4 Å². The fraction of sp³-hybridized carbons (Fsp3) is 0.333. The predicted octanol–water partition coefficient (Wildman–Crippen LogP) is 2.77. The van der Waals surface area contributed by atoms with Gasteiger partial charge in [-0.15, -0.1) is 0 Å². The van der Waals surface area contributed by atoms with Crippen molar-refractivity contribution >= 4 is 29.4 Å². The van der Waals surface area contributed by atoms with Crippen molar-refractivity contribution in [1.82, 2.24) is 4.57 Å². The number of allylic oxidation sites excluding steroid dienone is 1. The van der Waals surface area contributed by atoms with Gasteiger partial charge in [-0.1, -0.05) is 17.4 Å². The highest BCUT2D eigenvalue weighted by molar-refractivity contribution is 7.07. The van der Waals surface area contributed by atoms with Gasteiger partial charge in [-0.25, -0.2) is 14.6 Å². The molecule has 0 radical (unpaired) electrons. The third-order valence-corrected chi connectivity index (χ3v) is 7.37. The zero-order chi connectivity index (χ0) is 30.4. The number of hydrogen-bond acceptors (Lipinski definition) is 11. The molecule has 0 bridgehead atoms. The number of methoxy groups -OCH3 is 3. The van der Waals surface area contributed by atoms with Gasteiger partial charge in [0.2, 0.25) is 0 Å². The number of hydrogen-bond donors (Lipinski definition) is 0. The maximum absolute atomic E-state index is 14.0. The number of aromatic nitrogens is 1. The van der Waals surface area contributed by atoms with Gasteiger partial charge in [0.05, 0.1) is 50.3 Å². The molecular formula is C30H32N2O9S. The topological polar surface area (TPSA) is 124 Å². The first-order chi connectivity index (χ1) is 20.3. The number of carbonyl (C=O) groups excluding carboxylic acids is 2. The van der Waals surface area contributed by atoms with E-state index < -0.39 is 18.0 Å². The first kappa shape index (κ1) is 30.4. The Morgan fingerprint density at radius 3 is 2.36 bits per heavy atom. The van der Waals surface area contributed by atoms with Crippen LogP contribution in [0.15, 0.2) is 57.5 Å². The first-order valence-electron chi connectivity index (χ1n) is 13.1. The van der Waals surface area contributed by atoms with Crippen molar-refractivity contribution in [2.24, 2.45) is 4.99 Å². The SMILES string of the molecule is CCOC(=O)COc1ccc(/C=c2\sc3n(c2=O)[C@H](c2ccc(OC)cc2OC)C(C(=O)OCC)=C(C)N=3)cc1OC. The standard InChI is InChI=1S/C30H32N2O9S/c1-7-39-25(33)16-41-21-12-9-18(13-23(21)38-6)14-24-28(34)32-27(20-11-10-19(36-4)15-22(20)37-5)26(29(35)40-8-2)17(3)31-30(32)42-24/h9-15,27H,7-8,16H2,1-6H3/b24-14-/t27-/m1/s1. The molecule has 2 aromatic carbocycles. The average molecular weight is 597 g/mol.